The molecule has 0 radical (unpaired) electrons. The fourth-order valence-electron chi connectivity index (χ4n) is 3.01. The van der Waals surface area contributed by atoms with Gasteiger partial charge in [-0.1, -0.05) is 0 Å². The van der Waals surface area contributed by atoms with Crippen molar-refractivity contribution in [2.24, 2.45) is 0 Å². The van der Waals surface area contributed by atoms with Gasteiger partial charge in [0.05, 0.1) is 6.61 Å². The fourth-order valence-corrected chi connectivity index (χ4v) is 3.01. The van der Waals surface area contributed by atoms with Crippen molar-refractivity contribution < 1.29 is 19.0 Å². The highest BCUT2D eigenvalue weighted by Crippen LogP contribution is 2.27. The maximum absolute atomic E-state index is 12.3. The smallest absolute Gasteiger partial charge is 0.410 e. The lowest BCUT2D eigenvalue weighted by Crippen LogP contribution is -2.55. The minimum atomic E-state index is -0.469. The Balaban J connectivity index is 1.98. The van der Waals surface area contributed by atoms with Crippen LogP contribution in [0.2, 0.25) is 0 Å². The normalized spacial score (nSPS) is 18.0. The molecule has 0 N–H and O–H groups in total. The van der Waals surface area contributed by atoms with Crippen LogP contribution >= 0.6 is 0 Å². The molecule has 1 atom stereocenters. The predicted octanol–water partition coefficient (Wildman–Crippen LogP) is 3.47. The van der Waals surface area contributed by atoms with Crippen molar-refractivity contribution in [3.05, 3.63) is 23.8 Å². The Labute approximate surface area is 157 Å². The summed E-state index contributed by atoms with van der Waals surface area (Å²) in [6.07, 6.45) is -0.234. The Morgan fingerprint density at radius 1 is 1.23 bits per heavy atom. The molecule has 0 aliphatic carbocycles. The van der Waals surface area contributed by atoms with Crippen LogP contribution in [-0.2, 0) is 9.47 Å². The summed E-state index contributed by atoms with van der Waals surface area (Å²) < 4.78 is 16.3. The summed E-state index contributed by atoms with van der Waals surface area (Å²) in [5.74, 6) is 0.881. The molecule has 1 aromatic carbocycles. The van der Waals surface area contributed by atoms with E-state index in [9.17, 15) is 4.79 Å². The van der Waals surface area contributed by atoms with Crippen molar-refractivity contribution in [2.75, 3.05) is 44.9 Å². The molecular weight excluding hydrogens is 332 g/mol. The van der Waals surface area contributed by atoms with Crippen molar-refractivity contribution in [3.8, 4) is 5.75 Å². The number of methoxy groups -OCH3 is 1. The first-order valence-corrected chi connectivity index (χ1v) is 9.18. The minimum Gasteiger partial charge on any atom is -0.491 e. The second kappa shape index (κ2) is 8.62. The maximum atomic E-state index is 12.3. The van der Waals surface area contributed by atoms with Crippen LogP contribution in [0.4, 0.5) is 10.5 Å². The molecule has 0 spiro atoms. The van der Waals surface area contributed by atoms with Gasteiger partial charge in [0.2, 0.25) is 0 Å². The molecule has 0 saturated carbocycles. The molecule has 1 aliphatic rings. The second-order valence-corrected chi connectivity index (χ2v) is 7.76. The Morgan fingerprint density at radius 2 is 1.96 bits per heavy atom. The second-order valence-electron chi connectivity index (χ2n) is 7.76. The molecule has 6 heteroatoms. The van der Waals surface area contributed by atoms with Gasteiger partial charge in [0.15, 0.2) is 0 Å². The predicted molar refractivity (Wildman–Crippen MR) is 103 cm³/mol. The molecule has 1 aliphatic heterocycles. The summed E-state index contributed by atoms with van der Waals surface area (Å²) in [4.78, 5) is 16.5. The SMILES string of the molecule is COCCOc1ccc(N2CCN(C(=O)OC(C)(C)C)[C@H](C)C2)cc1C. The van der Waals surface area contributed by atoms with Gasteiger partial charge in [-0.05, 0) is 58.4 Å². The highest BCUT2D eigenvalue weighted by Gasteiger charge is 2.31. The number of rotatable bonds is 5. The van der Waals surface area contributed by atoms with E-state index in [0.29, 0.717) is 19.8 Å². The number of nitrogens with zero attached hydrogens (tertiary/aromatic N) is 2. The monoisotopic (exact) mass is 364 g/mol. The maximum Gasteiger partial charge on any atom is 0.410 e. The van der Waals surface area contributed by atoms with Gasteiger partial charge in [0, 0.05) is 38.5 Å². The summed E-state index contributed by atoms with van der Waals surface area (Å²) in [5.41, 5.74) is 1.78. The zero-order valence-corrected chi connectivity index (χ0v) is 16.9. The summed E-state index contributed by atoms with van der Waals surface area (Å²) >= 11 is 0. The Morgan fingerprint density at radius 3 is 2.54 bits per heavy atom. The molecule has 1 fully saturated rings. The summed E-state index contributed by atoms with van der Waals surface area (Å²) in [6, 6.07) is 6.31. The molecule has 6 nitrogen and oxygen atoms in total. The number of hydrogen-bond acceptors (Lipinski definition) is 5. The number of ether oxygens (including phenoxy) is 3. The molecule has 1 amide bonds. The fraction of sp³-hybridized carbons (Fsp3) is 0.650. The third-order valence-corrected chi connectivity index (χ3v) is 4.32. The topological polar surface area (TPSA) is 51.2 Å². The van der Waals surface area contributed by atoms with Gasteiger partial charge in [-0.15, -0.1) is 0 Å². The van der Waals surface area contributed by atoms with Crippen LogP contribution in [0.5, 0.6) is 5.75 Å². The van der Waals surface area contributed by atoms with E-state index >= 15 is 0 Å². The largest absolute Gasteiger partial charge is 0.491 e. The number of anilines is 1. The van der Waals surface area contributed by atoms with Crippen molar-refractivity contribution in [1.82, 2.24) is 4.90 Å². The van der Waals surface area contributed by atoms with E-state index in [1.807, 2.05) is 38.7 Å². The van der Waals surface area contributed by atoms with E-state index in [-0.39, 0.29) is 12.1 Å². The molecule has 0 aromatic heterocycles. The summed E-state index contributed by atoms with van der Waals surface area (Å²) in [5, 5.41) is 0. The number of carbonyl (C=O) groups excluding carboxylic acids is 1. The van der Waals surface area contributed by atoms with E-state index in [1.165, 1.54) is 0 Å². The first kappa shape index (κ1) is 20.4. The van der Waals surface area contributed by atoms with Gasteiger partial charge < -0.3 is 24.0 Å². The van der Waals surface area contributed by atoms with Crippen molar-refractivity contribution in [3.63, 3.8) is 0 Å². The van der Waals surface area contributed by atoms with E-state index in [2.05, 4.69) is 24.0 Å². The lowest BCUT2D eigenvalue weighted by atomic mass is 10.1. The Kier molecular flexibility index (Phi) is 6.75. The Bertz CT molecular complexity index is 612. The van der Waals surface area contributed by atoms with Gasteiger partial charge in [0.25, 0.3) is 0 Å². The molecule has 1 aromatic rings. The van der Waals surface area contributed by atoms with Gasteiger partial charge in [-0.25, -0.2) is 4.79 Å². The van der Waals surface area contributed by atoms with E-state index in [4.69, 9.17) is 14.2 Å². The molecule has 0 bridgehead atoms. The van der Waals surface area contributed by atoms with E-state index in [1.54, 1.807) is 7.11 Å². The summed E-state index contributed by atoms with van der Waals surface area (Å²) in [7, 11) is 1.66. The molecule has 1 heterocycles. The van der Waals surface area contributed by atoms with Gasteiger partial charge >= 0.3 is 6.09 Å². The Hall–Kier alpha value is -1.95. The van der Waals surface area contributed by atoms with Crippen LogP contribution in [-0.4, -0.2) is 62.6 Å². The number of piperazine rings is 1. The lowest BCUT2D eigenvalue weighted by Gasteiger charge is -2.41. The van der Waals surface area contributed by atoms with Crippen LogP contribution in [0.1, 0.15) is 33.3 Å². The van der Waals surface area contributed by atoms with Crippen LogP contribution in [0.15, 0.2) is 18.2 Å². The first-order chi connectivity index (χ1) is 12.2. The molecule has 1 saturated heterocycles. The van der Waals surface area contributed by atoms with Crippen molar-refractivity contribution in [2.45, 2.75) is 46.3 Å². The van der Waals surface area contributed by atoms with Crippen molar-refractivity contribution >= 4 is 11.8 Å². The van der Waals surface area contributed by atoms with Crippen molar-refractivity contribution in [1.29, 1.82) is 0 Å². The number of amides is 1. The van der Waals surface area contributed by atoms with Crippen LogP contribution in [0, 0.1) is 6.92 Å². The average Bonchev–Trinajstić information content (AvgIpc) is 2.54. The van der Waals surface area contributed by atoms with Crippen LogP contribution < -0.4 is 9.64 Å². The average molecular weight is 364 g/mol. The first-order valence-electron chi connectivity index (χ1n) is 9.18. The standard InChI is InChI=1S/C20H32N2O4/c1-15-13-17(7-8-18(15)25-12-11-24-6)21-9-10-22(16(2)14-21)19(23)26-20(3,4)5/h7-8,13,16H,9-12,14H2,1-6H3/t16-/m1/s1. The lowest BCUT2D eigenvalue weighted by molar-refractivity contribution is 0.0159. The molecule has 146 valence electrons. The van der Waals surface area contributed by atoms with Crippen LogP contribution in [0.25, 0.3) is 0 Å². The minimum absolute atomic E-state index is 0.0940. The third-order valence-electron chi connectivity index (χ3n) is 4.32. The quantitative estimate of drug-likeness (QED) is 0.749. The van der Waals surface area contributed by atoms with E-state index in [0.717, 1.165) is 30.1 Å². The molecule has 0 unspecified atom stereocenters. The van der Waals surface area contributed by atoms with Gasteiger partial charge in [-0.2, -0.15) is 0 Å². The zero-order valence-electron chi connectivity index (χ0n) is 16.9. The van der Waals surface area contributed by atoms with Crippen LogP contribution in [0.3, 0.4) is 0 Å². The highest BCUT2D eigenvalue weighted by atomic mass is 16.6. The van der Waals surface area contributed by atoms with E-state index < -0.39 is 5.60 Å². The third kappa shape index (κ3) is 5.53. The number of aryl methyl sites for hydroxylation is 1. The van der Waals surface area contributed by atoms with Gasteiger partial charge in [-0.3, -0.25) is 0 Å². The number of hydrogen-bond donors (Lipinski definition) is 0. The molecule has 2 rings (SSSR count). The highest BCUT2D eigenvalue weighted by molar-refractivity contribution is 5.69. The van der Waals surface area contributed by atoms with Gasteiger partial charge in [0.1, 0.15) is 18.0 Å². The number of carbonyl (C=O) groups is 1. The molecular formula is C20H32N2O4. The molecule has 26 heavy (non-hydrogen) atoms. The number of benzene rings is 1. The summed E-state index contributed by atoms with van der Waals surface area (Å²) in [6.45, 7) is 13.1. The zero-order chi connectivity index (χ0) is 19.3.